The van der Waals surface area contributed by atoms with Gasteiger partial charge in [0, 0.05) is 18.5 Å². The minimum atomic E-state index is 0.779. The van der Waals surface area contributed by atoms with E-state index in [1.54, 1.807) is 0 Å². The third-order valence-electron chi connectivity index (χ3n) is 3.38. The highest BCUT2D eigenvalue weighted by Gasteiger charge is 2.17. The predicted molar refractivity (Wildman–Crippen MR) is 77.6 cm³/mol. The van der Waals surface area contributed by atoms with Gasteiger partial charge in [-0.25, -0.2) is 9.97 Å². The molecule has 0 bridgehead atoms. The third-order valence-corrected chi connectivity index (χ3v) is 3.38. The van der Waals surface area contributed by atoms with Crippen LogP contribution in [0.25, 0.3) is 22.1 Å². The van der Waals surface area contributed by atoms with E-state index >= 15 is 0 Å². The standard InChI is InChI=1S/C15H17N3O/c1-4-18(5-2)15-14-13(16-10(3)17-15)11-8-6-7-9-12(11)19-14/h6-9H,4-5H2,1-3H3. The Morgan fingerprint density at radius 3 is 2.58 bits per heavy atom. The van der Waals surface area contributed by atoms with Gasteiger partial charge in [0.15, 0.2) is 11.4 Å². The number of hydrogen-bond donors (Lipinski definition) is 0. The molecule has 0 N–H and O–H groups in total. The summed E-state index contributed by atoms with van der Waals surface area (Å²) in [5.41, 5.74) is 2.56. The summed E-state index contributed by atoms with van der Waals surface area (Å²) in [5, 5.41) is 1.05. The number of aryl methyl sites for hydroxylation is 1. The van der Waals surface area contributed by atoms with Crippen LogP contribution in [-0.2, 0) is 0 Å². The summed E-state index contributed by atoms with van der Waals surface area (Å²) in [7, 11) is 0. The first-order valence-electron chi connectivity index (χ1n) is 6.65. The minimum Gasteiger partial charge on any atom is -0.450 e. The number of nitrogens with zero attached hydrogens (tertiary/aromatic N) is 3. The summed E-state index contributed by atoms with van der Waals surface area (Å²) in [6.45, 7) is 7.97. The quantitative estimate of drug-likeness (QED) is 0.718. The van der Waals surface area contributed by atoms with Gasteiger partial charge in [0.25, 0.3) is 0 Å². The number of para-hydroxylation sites is 1. The van der Waals surface area contributed by atoms with Crippen LogP contribution in [0.3, 0.4) is 0 Å². The summed E-state index contributed by atoms with van der Waals surface area (Å²) in [5.74, 6) is 1.67. The fraction of sp³-hybridized carbons (Fsp3) is 0.333. The maximum atomic E-state index is 5.96. The van der Waals surface area contributed by atoms with Gasteiger partial charge in [0.1, 0.15) is 16.9 Å². The van der Waals surface area contributed by atoms with Crippen molar-refractivity contribution in [3.63, 3.8) is 0 Å². The number of benzene rings is 1. The highest BCUT2D eigenvalue weighted by molar-refractivity contribution is 6.05. The van der Waals surface area contributed by atoms with E-state index in [0.717, 1.165) is 46.8 Å². The molecule has 3 rings (SSSR count). The molecule has 0 fully saturated rings. The van der Waals surface area contributed by atoms with E-state index in [1.807, 2.05) is 31.2 Å². The Balaban J connectivity index is 2.38. The lowest BCUT2D eigenvalue weighted by molar-refractivity contribution is 0.660. The van der Waals surface area contributed by atoms with Crippen LogP contribution in [0.1, 0.15) is 19.7 Å². The Bertz CT molecular complexity index is 729. The molecule has 0 aliphatic carbocycles. The summed E-state index contributed by atoms with van der Waals surface area (Å²) in [4.78, 5) is 11.3. The lowest BCUT2D eigenvalue weighted by atomic mass is 10.2. The van der Waals surface area contributed by atoms with Crippen molar-refractivity contribution in [1.29, 1.82) is 0 Å². The molecule has 0 amide bonds. The second-order valence-corrected chi connectivity index (χ2v) is 4.54. The van der Waals surface area contributed by atoms with Gasteiger partial charge in [-0.05, 0) is 32.9 Å². The van der Waals surface area contributed by atoms with Crippen molar-refractivity contribution in [2.45, 2.75) is 20.8 Å². The van der Waals surface area contributed by atoms with Crippen molar-refractivity contribution >= 4 is 27.9 Å². The van der Waals surface area contributed by atoms with Crippen LogP contribution in [0.15, 0.2) is 28.7 Å². The van der Waals surface area contributed by atoms with E-state index in [-0.39, 0.29) is 0 Å². The van der Waals surface area contributed by atoms with Gasteiger partial charge in [-0.3, -0.25) is 0 Å². The first-order chi connectivity index (χ1) is 9.24. The number of fused-ring (bicyclic) bond motifs is 3. The van der Waals surface area contributed by atoms with E-state index in [9.17, 15) is 0 Å². The second-order valence-electron chi connectivity index (χ2n) is 4.54. The van der Waals surface area contributed by atoms with Crippen LogP contribution in [0.2, 0.25) is 0 Å². The molecular weight excluding hydrogens is 238 g/mol. The first kappa shape index (κ1) is 12.0. The molecule has 0 atom stereocenters. The number of aromatic nitrogens is 2. The van der Waals surface area contributed by atoms with Crippen molar-refractivity contribution in [2.75, 3.05) is 18.0 Å². The van der Waals surface area contributed by atoms with Crippen LogP contribution < -0.4 is 4.90 Å². The lowest BCUT2D eigenvalue weighted by Crippen LogP contribution is -2.23. The number of hydrogen-bond acceptors (Lipinski definition) is 4. The normalized spacial score (nSPS) is 11.3. The highest BCUT2D eigenvalue weighted by Crippen LogP contribution is 2.32. The van der Waals surface area contributed by atoms with E-state index < -0.39 is 0 Å². The molecule has 0 saturated carbocycles. The Kier molecular flexibility index (Phi) is 2.85. The Morgan fingerprint density at radius 2 is 1.84 bits per heavy atom. The topological polar surface area (TPSA) is 42.2 Å². The molecule has 0 radical (unpaired) electrons. The Hall–Kier alpha value is -2.10. The average molecular weight is 255 g/mol. The largest absolute Gasteiger partial charge is 0.450 e. The zero-order valence-corrected chi connectivity index (χ0v) is 11.5. The Morgan fingerprint density at radius 1 is 1.11 bits per heavy atom. The van der Waals surface area contributed by atoms with E-state index in [4.69, 9.17) is 4.42 Å². The van der Waals surface area contributed by atoms with Crippen LogP contribution >= 0.6 is 0 Å². The first-order valence-corrected chi connectivity index (χ1v) is 6.65. The molecule has 0 spiro atoms. The van der Waals surface area contributed by atoms with Gasteiger partial charge < -0.3 is 9.32 Å². The molecule has 0 saturated heterocycles. The Labute approximate surface area is 112 Å². The molecule has 4 heteroatoms. The van der Waals surface area contributed by atoms with Gasteiger partial charge >= 0.3 is 0 Å². The van der Waals surface area contributed by atoms with Crippen LogP contribution in [0, 0.1) is 6.92 Å². The van der Waals surface area contributed by atoms with Gasteiger partial charge in [-0.15, -0.1) is 0 Å². The zero-order chi connectivity index (χ0) is 13.4. The smallest absolute Gasteiger partial charge is 0.196 e. The van der Waals surface area contributed by atoms with Gasteiger partial charge in [0.2, 0.25) is 0 Å². The minimum absolute atomic E-state index is 0.779. The molecular formula is C15H17N3O. The summed E-state index contributed by atoms with van der Waals surface area (Å²) in [6, 6.07) is 7.99. The average Bonchev–Trinajstić information content (AvgIpc) is 2.79. The summed E-state index contributed by atoms with van der Waals surface area (Å²) in [6.07, 6.45) is 0. The molecule has 2 heterocycles. The number of furan rings is 1. The molecule has 2 aromatic heterocycles. The molecule has 1 aromatic carbocycles. The number of rotatable bonds is 3. The second kappa shape index (κ2) is 4.53. The molecule has 0 unspecified atom stereocenters. The predicted octanol–water partition coefficient (Wildman–Crippen LogP) is 3.53. The number of anilines is 1. The maximum Gasteiger partial charge on any atom is 0.196 e. The lowest BCUT2D eigenvalue weighted by Gasteiger charge is -2.19. The summed E-state index contributed by atoms with van der Waals surface area (Å²) < 4.78 is 5.96. The van der Waals surface area contributed by atoms with Crippen molar-refractivity contribution in [1.82, 2.24) is 9.97 Å². The van der Waals surface area contributed by atoms with Crippen molar-refractivity contribution in [2.24, 2.45) is 0 Å². The highest BCUT2D eigenvalue weighted by atomic mass is 16.3. The SMILES string of the molecule is CCN(CC)c1nc(C)nc2c1oc1ccccc12. The zero-order valence-electron chi connectivity index (χ0n) is 11.5. The van der Waals surface area contributed by atoms with E-state index in [1.165, 1.54) is 0 Å². The fourth-order valence-corrected chi connectivity index (χ4v) is 2.42. The van der Waals surface area contributed by atoms with Crippen molar-refractivity contribution < 1.29 is 4.42 Å². The molecule has 4 nitrogen and oxygen atoms in total. The van der Waals surface area contributed by atoms with Crippen molar-refractivity contribution in [3.05, 3.63) is 30.1 Å². The molecule has 0 aliphatic rings. The van der Waals surface area contributed by atoms with Gasteiger partial charge in [0.05, 0.1) is 0 Å². The van der Waals surface area contributed by atoms with Crippen LogP contribution in [-0.4, -0.2) is 23.1 Å². The van der Waals surface area contributed by atoms with Crippen molar-refractivity contribution in [3.8, 4) is 0 Å². The molecule has 0 aliphatic heterocycles. The van der Waals surface area contributed by atoms with Crippen LogP contribution in [0.5, 0.6) is 0 Å². The summed E-state index contributed by atoms with van der Waals surface area (Å²) >= 11 is 0. The third kappa shape index (κ3) is 1.84. The fourth-order valence-electron chi connectivity index (χ4n) is 2.42. The van der Waals surface area contributed by atoms with E-state index in [2.05, 4.69) is 28.7 Å². The van der Waals surface area contributed by atoms with Gasteiger partial charge in [-0.1, -0.05) is 12.1 Å². The van der Waals surface area contributed by atoms with Gasteiger partial charge in [-0.2, -0.15) is 0 Å². The van der Waals surface area contributed by atoms with E-state index in [0.29, 0.717) is 0 Å². The molecule has 98 valence electrons. The molecule has 3 aromatic rings. The van der Waals surface area contributed by atoms with Crippen LogP contribution in [0.4, 0.5) is 5.82 Å². The molecule has 19 heavy (non-hydrogen) atoms. The maximum absolute atomic E-state index is 5.96. The monoisotopic (exact) mass is 255 g/mol.